The van der Waals surface area contributed by atoms with E-state index in [4.69, 9.17) is 14.2 Å². The van der Waals surface area contributed by atoms with Crippen molar-refractivity contribution in [2.45, 2.75) is 26.4 Å². The zero-order valence-electron chi connectivity index (χ0n) is 20.6. The number of likely N-dealkylation sites (tertiary alicyclic amines) is 1. The van der Waals surface area contributed by atoms with Gasteiger partial charge in [-0.2, -0.15) is 0 Å². The van der Waals surface area contributed by atoms with Gasteiger partial charge in [0.1, 0.15) is 11.5 Å². The Bertz CT molecular complexity index is 1320. The molecule has 1 N–H and O–H groups in total. The molecular weight excluding hydrogens is 460 g/mol. The van der Waals surface area contributed by atoms with Gasteiger partial charge in [0.15, 0.2) is 11.5 Å². The second kappa shape index (κ2) is 10.5. The van der Waals surface area contributed by atoms with Gasteiger partial charge in [-0.1, -0.05) is 12.1 Å². The van der Waals surface area contributed by atoms with E-state index in [1.54, 1.807) is 68.9 Å². The summed E-state index contributed by atoms with van der Waals surface area (Å²) in [7, 11) is 3.08. The molecule has 2 heterocycles. The summed E-state index contributed by atoms with van der Waals surface area (Å²) < 4.78 is 16.4. The Kier molecular flexibility index (Phi) is 7.24. The molecule has 1 aliphatic rings. The largest absolute Gasteiger partial charge is 0.507 e. The maximum Gasteiger partial charge on any atom is 0.295 e. The molecule has 4 rings (SSSR count). The standard InChI is InChI=1S/C28H28N2O6/c1-5-36-22-11-8-19(14-23(22)35-4)25-24(26(31)21-10-9-20(34-3)13-17(21)2)27(32)28(33)30(25)16-18-7-6-12-29-15-18/h6-15,25,31H,5,16H2,1-4H3/b26-24+/t25-/m1/s1. The SMILES string of the molecule is CCOc1ccc([C@@H]2/C(=C(\O)c3ccc(OC)cc3C)C(=O)C(=O)N2Cc2cccnc2)cc1OC. The monoisotopic (exact) mass is 488 g/mol. The maximum absolute atomic E-state index is 13.4. The lowest BCUT2D eigenvalue weighted by molar-refractivity contribution is -0.140. The summed E-state index contributed by atoms with van der Waals surface area (Å²) in [6, 6.07) is 13.1. The normalized spacial score (nSPS) is 16.8. The van der Waals surface area contributed by atoms with Crippen molar-refractivity contribution in [3.05, 3.63) is 88.8 Å². The van der Waals surface area contributed by atoms with E-state index in [1.165, 1.54) is 12.0 Å². The van der Waals surface area contributed by atoms with E-state index in [2.05, 4.69) is 4.98 Å². The number of methoxy groups -OCH3 is 2. The Labute approximate surface area is 209 Å². The number of benzene rings is 2. The molecule has 0 aliphatic carbocycles. The number of hydrogen-bond acceptors (Lipinski definition) is 7. The molecule has 0 spiro atoms. The number of aryl methyl sites for hydroxylation is 1. The van der Waals surface area contributed by atoms with Crippen LogP contribution >= 0.6 is 0 Å². The van der Waals surface area contributed by atoms with E-state index in [-0.39, 0.29) is 17.9 Å². The first-order valence-corrected chi connectivity index (χ1v) is 11.5. The van der Waals surface area contributed by atoms with Crippen LogP contribution in [0.3, 0.4) is 0 Å². The third-order valence-corrected chi connectivity index (χ3v) is 6.11. The predicted octanol–water partition coefficient (Wildman–Crippen LogP) is 4.43. The Morgan fingerprint density at radius 3 is 2.50 bits per heavy atom. The summed E-state index contributed by atoms with van der Waals surface area (Å²) in [5.74, 6) is -0.0938. The molecule has 8 nitrogen and oxygen atoms in total. The molecule has 0 saturated carbocycles. The van der Waals surface area contributed by atoms with Crippen molar-refractivity contribution in [1.29, 1.82) is 0 Å². The molecule has 186 valence electrons. The van der Waals surface area contributed by atoms with Crippen molar-refractivity contribution in [1.82, 2.24) is 9.88 Å². The molecule has 1 fully saturated rings. The van der Waals surface area contributed by atoms with Crippen molar-refractivity contribution in [2.75, 3.05) is 20.8 Å². The van der Waals surface area contributed by atoms with Crippen molar-refractivity contribution in [2.24, 2.45) is 0 Å². The zero-order chi connectivity index (χ0) is 25.8. The van der Waals surface area contributed by atoms with Gasteiger partial charge in [0, 0.05) is 24.5 Å². The van der Waals surface area contributed by atoms with Gasteiger partial charge >= 0.3 is 0 Å². The Morgan fingerprint density at radius 2 is 1.86 bits per heavy atom. The van der Waals surface area contributed by atoms with E-state index in [0.717, 1.165) is 5.56 Å². The highest BCUT2D eigenvalue weighted by molar-refractivity contribution is 6.46. The molecule has 1 atom stereocenters. The van der Waals surface area contributed by atoms with Gasteiger partial charge in [-0.05, 0) is 66.9 Å². The highest BCUT2D eigenvalue weighted by Crippen LogP contribution is 2.43. The number of ketones is 1. The predicted molar refractivity (Wildman–Crippen MR) is 134 cm³/mol. The highest BCUT2D eigenvalue weighted by atomic mass is 16.5. The fourth-order valence-electron chi connectivity index (χ4n) is 4.38. The number of aliphatic hydroxyl groups excluding tert-OH is 1. The quantitative estimate of drug-likeness (QED) is 0.285. The first kappa shape index (κ1) is 24.8. The van der Waals surface area contributed by atoms with Crippen molar-refractivity contribution >= 4 is 17.4 Å². The third-order valence-electron chi connectivity index (χ3n) is 6.11. The number of aliphatic hydroxyl groups is 1. The van der Waals surface area contributed by atoms with Crippen LogP contribution in [-0.2, 0) is 16.1 Å². The zero-order valence-corrected chi connectivity index (χ0v) is 20.6. The molecule has 2 aromatic carbocycles. The van der Waals surface area contributed by atoms with Gasteiger partial charge in [-0.25, -0.2) is 0 Å². The lowest BCUT2D eigenvalue weighted by Gasteiger charge is -2.26. The minimum Gasteiger partial charge on any atom is -0.507 e. The summed E-state index contributed by atoms with van der Waals surface area (Å²) in [6.45, 7) is 4.26. The van der Waals surface area contributed by atoms with Crippen LogP contribution in [0.1, 0.15) is 35.2 Å². The number of carbonyl (C=O) groups is 2. The lowest BCUT2D eigenvalue weighted by atomic mass is 9.93. The minimum absolute atomic E-state index is 0.00312. The van der Waals surface area contributed by atoms with Crippen molar-refractivity contribution in [3.63, 3.8) is 0 Å². The van der Waals surface area contributed by atoms with E-state index < -0.39 is 17.7 Å². The lowest BCUT2D eigenvalue weighted by Crippen LogP contribution is -2.29. The molecule has 3 aromatic rings. The van der Waals surface area contributed by atoms with E-state index in [9.17, 15) is 14.7 Å². The number of carbonyl (C=O) groups excluding carboxylic acids is 2. The van der Waals surface area contributed by atoms with Gasteiger partial charge in [0.25, 0.3) is 11.7 Å². The fraction of sp³-hybridized carbons (Fsp3) is 0.250. The molecule has 1 saturated heterocycles. The molecule has 8 heteroatoms. The molecular formula is C28H28N2O6. The number of rotatable bonds is 8. The van der Waals surface area contributed by atoms with Crippen LogP contribution in [0.25, 0.3) is 5.76 Å². The van der Waals surface area contributed by atoms with Crippen molar-refractivity contribution < 1.29 is 28.9 Å². The number of Topliss-reactive ketones (excluding diaryl/α,β-unsaturated/α-hetero) is 1. The van der Waals surface area contributed by atoms with Crippen LogP contribution in [0, 0.1) is 6.92 Å². The van der Waals surface area contributed by atoms with Crippen molar-refractivity contribution in [3.8, 4) is 17.2 Å². The van der Waals surface area contributed by atoms with Crippen LogP contribution in [0.15, 0.2) is 66.5 Å². The van der Waals surface area contributed by atoms with Gasteiger partial charge in [0.05, 0.1) is 32.4 Å². The average Bonchev–Trinajstić information content (AvgIpc) is 3.14. The second-order valence-electron chi connectivity index (χ2n) is 8.31. The highest BCUT2D eigenvalue weighted by Gasteiger charge is 2.46. The number of ether oxygens (including phenoxy) is 3. The number of nitrogens with zero attached hydrogens (tertiary/aromatic N) is 2. The summed E-state index contributed by atoms with van der Waals surface area (Å²) >= 11 is 0. The Morgan fingerprint density at radius 1 is 1.06 bits per heavy atom. The van der Waals surface area contributed by atoms with Crippen LogP contribution in [0.4, 0.5) is 0 Å². The smallest absolute Gasteiger partial charge is 0.295 e. The molecule has 0 unspecified atom stereocenters. The summed E-state index contributed by atoms with van der Waals surface area (Å²) in [4.78, 5) is 32.2. The van der Waals surface area contributed by atoms with Crippen LogP contribution in [0.5, 0.6) is 17.2 Å². The van der Waals surface area contributed by atoms with Crippen LogP contribution in [-0.4, -0.2) is 47.5 Å². The molecule has 0 bridgehead atoms. The first-order chi connectivity index (χ1) is 17.4. The van der Waals surface area contributed by atoms with Gasteiger partial charge in [0.2, 0.25) is 0 Å². The first-order valence-electron chi connectivity index (χ1n) is 11.5. The summed E-state index contributed by atoms with van der Waals surface area (Å²) in [6.07, 6.45) is 3.28. The summed E-state index contributed by atoms with van der Waals surface area (Å²) in [5.41, 5.74) is 2.50. The topological polar surface area (TPSA) is 98.2 Å². The van der Waals surface area contributed by atoms with Gasteiger partial charge in [-0.3, -0.25) is 14.6 Å². The van der Waals surface area contributed by atoms with E-state index in [1.807, 2.05) is 13.0 Å². The van der Waals surface area contributed by atoms with Gasteiger partial charge < -0.3 is 24.2 Å². The van der Waals surface area contributed by atoms with Crippen LogP contribution in [0.2, 0.25) is 0 Å². The average molecular weight is 489 g/mol. The fourth-order valence-corrected chi connectivity index (χ4v) is 4.38. The van der Waals surface area contributed by atoms with Crippen LogP contribution < -0.4 is 14.2 Å². The number of hydrogen-bond donors (Lipinski definition) is 1. The molecule has 1 aromatic heterocycles. The number of pyridine rings is 1. The molecule has 1 aliphatic heterocycles. The number of amides is 1. The maximum atomic E-state index is 13.4. The minimum atomic E-state index is -0.851. The third kappa shape index (κ3) is 4.62. The van der Waals surface area contributed by atoms with Gasteiger partial charge in [-0.15, -0.1) is 0 Å². The van der Waals surface area contributed by atoms with E-state index in [0.29, 0.717) is 40.5 Å². The summed E-state index contributed by atoms with van der Waals surface area (Å²) in [5, 5.41) is 11.4. The second-order valence-corrected chi connectivity index (χ2v) is 8.31. The molecule has 0 radical (unpaired) electrons. The number of aromatic nitrogens is 1. The Balaban J connectivity index is 1.90. The Hall–Kier alpha value is -4.33. The van der Waals surface area contributed by atoms with E-state index >= 15 is 0 Å². The molecule has 1 amide bonds. The molecule has 36 heavy (non-hydrogen) atoms.